The van der Waals surface area contributed by atoms with Gasteiger partial charge in [-0.05, 0) is 54.8 Å². The van der Waals surface area contributed by atoms with Crippen molar-refractivity contribution in [2.75, 3.05) is 0 Å². The van der Waals surface area contributed by atoms with E-state index in [1.807, 2.05) is 12.1 Å². The van der Waals surface area contributed by atoms with Gasteiger partial charge in [-0.15, -0.1) is 10.2 Å². The first-order valence-electron chi connectivity index (χ1n) is 8.27. The molecule has 2 heterocycles. The van der Waals surface area contributed by atoms with Gasteiger partial charge in [-0.2, -0.15) is 9.61 Å². The molecule has 0 aliphatic heterocycles. The molecule has 1 fully saturated rings. The second kappa shape index (κ2) is 5.67. The molecule has 5 nitrogen and oxygen atoms in total. The highest BCUT2D eigenvalue weighted by atomic mass is 79.9. The van der Waals surface area contributed by atoms with E-state index in [0.29, 0.717) is 11.5 Å². The molecule has 0 unspecified atom stereocenters. The first-order valence-corrected chi connectivity index (χ1v) is 9.06. The van der Waals surface area contributed by atoms with Gasteiger partial charge in [0.2, 0.25) is 0 Å². The molecular formula is C19H13BrFN5. The number of rotatable bonds is 3. The summed E-state index contributed by atoms with van der Waals surface area (Å²) in [4.78, 5) is 4.38. The Kier molecular flexibility index (Phi) is 3.40. The third-order valence-corrected chi connectivity index (χ3v) is 5.32. The molecule has 0 atom stereocenters. The monoisotopic (exact) mass is 409 g/mol. The van der Waals surface area contributed by atoms with E-state index in [1.54, 1.807) is 22.8 Å². The van der Waals surface area contributed by atoms with E-state index in [1.165, 1.54) is 17.7 Å². The van der Waals surface area contributed by atoms with Crippen LogP contribution >= 0.6 is 15.9 Å². The number of aromatic nitrogens is 5. The molecule has 7 heteroatoms. The molecule has 2 aromatic carbocycles. The summed E-state index contributed by atoms with van der Waals surface area (Å²) in [6, 6.07) is 14.5. The van der Waals surface area contributed by atoms with Crippen LogP contribution in [0.1, 0.15) is 24.2 Å². The Morgan fingerprint density at radius 3 is 2.58 bits per heavy atom. The van der Waals surface area contributed by atoms with Crippen molar-refractivity contribution in [3.05, 3.63) is 76.4 Å². The maximum atomic E-state index is 13.2. The SMILES string of the molecule is Fc1ccc(-c2cnc3nnc(C4(c5cccc(Br)c5)CC4)n3n2)cc1. The highest BCUT2D eigenvalue weighted by Gasteiger charge is 2.50. The molecule has 0 saturated heterocycles. The number of fused-ring (bicyclic) bond motifs is 1. The first-order chi connectivity index (χ1) is 12.7. The number of nitrogens with zero attached hydrogens (tertiary/aromatic N) is 5. The minimum absolute atomic E-state index is 0.181. The van der Waals surface area contributed by atoms with Crippen LogP contribution in [0.15, 0.2) is 59.2 Å². The third kappa shape index (κ3) is 2.42. The van der Waals surface area contributed by atoms with Gasteiger partial charge in [0.25, 0.3) is 5.78 Å². The van der Waals surface area contributed by atoms with Gasteiger partial charge >= 0.3 is 0 Å². The first kappa shape index (κ1) is 15.6. The van der Waals surface area contributed by atoms with Gasteiger partial charge in [-0.3, -0.25) is 0 Å². The van der Waals surface area contributed by atoms with Gasteiger partial charge in [-0.25, -0.2) is 9.37 Å². The summed E-state index contributed by atoms with van der Waals surface area (Å²) >= 11 is 3.54. The molecule has 0 spiro atoms. The summed E-state index contributed by atoms with van der Waals surface area (Å²) in [5.41, 5.74) is 2.46. The van der Waals surface area contributed by atoms with Gasteiger partial charge in [0, 0.05) is 10.0 Å². The van der Waals surface area contributed by atoms with E-state index in [0.717, 1.165) is 28.7 Å². The number of hydrogen-bond acceptors (Lipinski definition) is 4. The number of halogens is 2. The molecule has 2 aromatic heterocycles. The second-order valence-electron chi connectivity index (χ2n) is 6.48. The summed E-state index contributed by atoms with van der Waals surface area (Å²) in [7, 11) is 0. The van der Waals surface area contributed by atoms with Crippen molar-refractivity contribution in [3.8, 4) is 11.3 Å². The topological polar surface area (TPSA) is 56.0 Å². The lowest BCUT2D eigenvalue weighted by Crippen LogP contribution is -2.15. The van der Waals surface area contributed by atoms with Crippen molar-refractivity contribution >= 4 is 21.7 Å². The molecule has 5 rings (SSSR count). The van der Waals surface area contributed by atoms with Crippen molar-refractivity contribution < 1.29 is 4.39 Å². The number of benzene rings is 2. The van der Waals surface area contributed by atoms with Gasteiger partial charge < -0.3 is 0 Å². The zero-order valence-electron chi connectivity index (χ0n) is 13.6. The average Bonchev–Trinajstić information content (AvgIpc) is 3.35. The van der Waals surface area contributed by atoms with Crippen LogP contribution in [0.2, 0.25) is 0 Å². The summed E-state index contributed by atoms with van der Waals surface area (Å²) in [5, 5.41) is 13.3. The smallest absolute Gasteiger partial charge is 0.216 e. The van der Waals surface area contributed by atoms with Crippen molar-refractivity contribution in [3.63, 3.8) is 0 Å². The van der Waals surface area contributed by atoms with Gasteiger partial charge in [0.15, 0.2) is 5.82 Å². The van der Waals surface area contributed by atoms with Gasteiger partial charge in [0.05, 0.1) is 11.6 Å². The van der Waals surface area contributed by atoms with Crippen molar-refractivity contribution in [2.45, 2.75) is 18.3 Å². The molecular weight excluding hydrogens is 397 g/mol. The van der Waals surface area contributed by atoms with Crippen LogP contribution < -0.4 is 0 Å². The van der Waals surface area contributed by atoms with E-state index in [-0.39, 0.29) is 11.2 Å². The molecule has 1 aliphatic rings. The Morgan fingerprint density at radius 1 is 1.04 bits per heavy atom. The summed E-state index contributed by atoms with van der Waals surface area (Å²) in [5.74, 6) is 0.980. The minimum Gasteiger partial charge on any atom is -0.216 e. The van der Waals surface area contributed by atoms with Crippen LogP contribution in [0.5, 0.6) is 0 Å². The summed E-state index contributed by atoms with van der Waals surface area (Å²) in [6.07, 6.45) is 3.62. The highest BCUT2D eigenvalue weighted by molar-refractivity contribution is 9.10. The Balaban J connectivity index is 1.65. The molecule has 128 valence electrons. The molecule has 0 amide bonds. The largest absolute Gasteiger partial charge is 0.271 e. The molecule has 26 heavy (non-hydrogen) atoms. The Morgan fingerprint density at radius 2 is 1.85 bits per heavy atom. The zero-order valence-corrected chi connectivity index (χ0v) is 15.2. The van der Waals surface area contributed by atoms with Crippen LogP contribution in [0.25, 0.3) is 17.0 Å². The molecule has 1 saturated carbocycles. The average molecular weight is 410 g/mol. The quantitative estimate of drug-likeness (QED) is 0.509. The molecule has 4 aromatic rings. The highest BCUT2D eigenvalue weighted by Crippen LogP contribution is 2.52. The third-order valence-electron chi connectivity index (χ3n) is 4.83. The lowest BCUT2D eigenvalue weighted by Gasteiger charge is -2.14. The fraction of sp³-hybridized carbons (Fsp3) is 0.158. The number of hydrogen-bond donors (Lipinski definition) is 0. The summed E-state index contributed by atoms with van der Waals surface area (Å²) in [6.45, 7) is 0. The second-order valence-corrected chi connectivity index (χ2v) is 7.39. The fourth-order valence-electron chi connectivity index (χ4n) is 3.30. The van der Waals surface area contributed by atoms with Crippen molar-refractivity contribution in [1.29, 1.82) is 0 Å². The molecule has 0 radical (unpaired) electrons. The Labute approximate surface area is 157 Å². The molecule has 0 bridgehead atoms. The van der Waals surface area contributed by atoms with Crippen LogP contribution in [-0.2, 0) is 5.41 Å². The van der Waals surface area contributed by atoms with Gasteiger partial charge in [-0.1, -0.05) is 28.1 Å². The maximum absolute atomic E-state index is 13.2. The van der Waals surface area contributed by atoms with E-state index in [4.69, 9.17) is 0 Å². The van der Waals surface area contributed by atoms with Crippen molar-refractivity contribution in [1.82, 2.24) is 24.8 Å². The van der Waals surface area contributed by atoms with Crippen LogP contribution in [0.4, 0.5) is 4.39 Å². The lowest BCUT2D eigenvalue weighted by molar-refractivity contribution is 0.628. The van der Waals surface area contributed by atoms with E-state index < -0.39 is 0 Å². The van der Waals surface area contributed by atoms with Gasteiger partial charge in [0.1, 0.15) is 11.5 Å². The van der Waals surface area contributed by atoms with E-state index >= 15 is 0 Å². The van der Waals surface area contributed by atoms with Crippen LogP contribution in [-0.4, -0.2) is 24.8 Å². The maximum Gasteiger partial charge on any atom is 0.271 e. The minimum atomic E-state index is -0.278. The van der Waals surface area contributed by atoms with Crippen LogP contribution in [0, 0.1) is 5.82 Å². The lowest BCUT2D eigenvalue weighted by atomic mass is 9.95. The van der Waals surface area contributed by atoms with Crippen LogP contribution in [0.3, 0.4) is 0 Å². The summed E-state index contributed by atoms with van der Waals surface area (Å²) < 4.78 is 15.9. The Bertz CT molecular complexity index is 1120. The molecule has 1 aliphatic carbocycles. The standard InChI is InChI=1S/C19H13BrFN5/c20-14-3-1-2-13(10-14)19(8-9-19)17-23-24-18-22-11-16(25-26(17)18)12-4-6-15(21)7-5-12/h1-7,10-11H,8-9H2. The van der Waals surface area contributed by atoms with Crippen molar-refractivity contribution in [2.24, 2.45) is 0 Å². The fourth-order valence-corrected chi connectivity index (χ4v) is 3.70. The van der Waals surface area contributed by atoms with E-state index in [9.17, 15) is 4.39 Å². The predicted molar refractivity (Wildman–Crippen MR) is 98.1 cm³/mol. The molecule has 0 N–H and O–H groups in total. The normalized spacial score (nSPS) is 15.3. The predicted octanol–water partition coefficient (Wildman–Crippen LogP) is 4.17. The Hall–Kier alpha value is -2.67. The zero-order chi connectivity index (χ0) is 17.7. The van der Waals surface area contributed by atoms with E-state index in [2.05, 4.69) is 48.3 Å².